The van der Waals surface area contributed by atoms with Crippen LogP contribution in [-0.4, -0.2) is 80.8 Å². The maximum atomic E-state index is 15.2. The standard InChI is InChI=1S/C31H29FN4O6/c32-24-16-20(15-21-17-36(31(42)27(21)24)25-9-10-26(39)33-29(25)40)30(41)35-13-11-34(12-14-35)28(18-1-5-22(37)6-2-18)19-3-7-23(38)8-4-19/h1-8,15-16,25,28,37-38H,9-14,17H2,(H,33,39,40). The zero-order valence-electron chi connectivity index (χ0n) is 22.6. The average molecular weight is 573 g/mol. The first-order valence-electron chi connectivity index (χ1n) is 13.8. The van der Waals surface area contributed by atoms with Gasteiger partial charge in [0.25, 0.3) is 11.8 Å². The van der Waals surface area contributed by atoms with E-state index in [0.717, 1.165) is 17.2 Å². The van der Waals surface area contributed by atoms with Crippen LogP contribution in [0.3, 0.4) is 0 Å². The van der Waals surface area contributed by atoms with Gasteiger partial charge in [0.15, 0.2) is 0 Å². The van der Waals surface area contributed by atoms with Gasteiger partial charge in [0, 0.05) is 44.7 Å². The molecule has 0 aliphatic carbocycles. The molecule has 3 aromatic rings. The third-order valence-electron chi connectivity index (χ3n) is 8.20. The molecule has 0 saturated carbocycles. The molecule has 3 heterocycles. The number of hydrogen-bond donors (Lipinski definition) is 3. The molecule has 10 nitrogen and oxygen atoms in total. The van der Waals surface area contributed by atoms with Crippen LogP contribution >= 0.6 is 0 Å². The molecular weight excluding hydrogens is 543 g/mol. The number of piperazine rings is 1. The van der Waals surface area contributed by atoms with Crippen LogP contribution in [0.1, 0.15) is 56.3 Å². The fourth-order valence-corrected chi connectivity index (χ4v) is 6.07. The number of imide groups is 1. The Hall–Kier alpha value is -4.77. The number of nitrogens with one attached hydrogen (secondary N) is 1. The van der Waals surface area contributed by atoms with E-state index in [1.165, 1.54) is 11.0 Å². The molecule has 1 atom stereocenters. The molecule has 2 saturated heterocycles. The number of carbonyl (C=O) groups excluding carboxylic acids is 4. The van der Waals surface area contributed by atoms with Crippen molar-refractivity contribution < 1.29 is 33.8 Å². The summed E-state index contributed by atoms with van der Waals surface area (Å²) in [7, 11) is 0. The molecule has 3 aliphatic rings. The molecule has 3 N–H and O–H groups in total. The Bertz CT molecular complexity index is 1520. The van der Waals surface area contributed by atoms with Gasteiger partial charge in [-0.3, -0.25) is 29.4 Å². The van der Waals surface area contributed by atoms with Crippen LogP contribution in [0.4, 0.5) is 4.39 Å². The molecule has 42 heavy (non-hydrogen) atoms. The van der Waals surface area contributed by atoms with E-state index < -0.39 is 29.6 Å². The number of halogens is 1. The van der Waals surface area contributed by atoms with E-state index in [4.69, 9.17) is 0 Å². The highest BCUT2D eigenvalue weighted by Crippen LogP contribution is 2.33. The van der Waals surface area contributed by atoms with Gasteiger partial charge in [-0.05, 0) is 59.5 Å². The predicted octanol–water partition coefficient (Wildman–Crippen LogP) is 2.55. The van der Waals surface area contributed by atoms with Gasteiger partial charge in [-0.25, -0.2) is 4.39 Å². The van der Waals surface area contributed by atoms with Crippen molar-refractivity contribution in [3.63, 3.8) is 0 Å². The minimum absolute atomic E-state index is 0.0206. The van der Waals surface area contributed by atoms with Crippen LogP contribution in [0.25, 0.3) is 0 Å². The molecule has 0 spiro atoms. The summed E-state index contributed by atoms with van der Waals surface area (Å²) in [5.74, 6) is -2.47. The molecule has 11 heteroatoms. The Morgan fingerprint density at radius 2 is 1.48 bits per heavy atom. The van der Waals surface area contributed by atoms with E-state index in [0.29, 0.717) is 31.7 Å². The van der Waals surface area contributed by atoms with Crippen LogP contribution in [0.15, 0.2) is 60.7 Å². The number of hydrogen-bond acceptors (Lipinski definition) is 7. The lowest BCUT2D eigenvalue weighted by atomic mass is 9.96. The zero-order valence-corrected chi connectivity index (χ0v) is 22.6. The summed E-state index contributed by atoms with van der Waals surface area (Å²) >= 11 is 0. The minimum Gasteiger partial charge on any atom is -0.508 e. The van der Waals surface area contributed by atoms with Crippen LogP contribution in [0.5, 0.6) is 11.5 Å². The van der Waals surface area contributed by atoms with Crippen molar-refractivity contribution in [1.82, 2.24) is 20.0 Å². The Kier molecular flexibility index (Phi) is 7.11. The number of nitrogens with zero attached hydrogens (tertiary/aromatic N) is 3. The first kappa shape index (κ1) is 27.4. The number of amides is 4. The molecule has 0 aromatic heterocycles. The first-order valence-corrected chi connectivity index (χ1v) is 13.8. The largest absolute Gasteiger partial charge is 0.508 e. The highest BCUT2D eigenvalue weighted by molar-refractivity contribution is 6.06. The summed E-state index contributed by atoms with van der Waals surface area (Å²) in [4.78, 5) is 55.5. The quantitative estimate of drug-likeness (QED) is 0.401. The SMILES string of the molecule is O=C1CCC(N2Cc3cc(C(=O)N4CCN(C(c5ccc(O)cc5)c5ccc(O)cc5)CC4)cc(F)c3C2=O)C(=O)N1. The monoisotopic (exact) mass is 572 g/mol. The van der Waals surface area contributed by atoms with E-state index in [-0.39, 0.29) is 54.0 Å². The maximum absolute atomic E-state index is 15.2. The molecule has 4 amide bonds. The van der Waals surface area contributed by atoms with Gasteiger partial charge in [-0.15, -0.1) is 0 Å². The summed E-state index contributed by atoms with van der Waals surface area (Å²) in [5.41, 5.74) is 2.22. The number of fused-ring (bicyclic) bond motifs is 1. The predicted molar refractivity (Wildman–Crippen MR) is 148 cm³/mol. The molecular formula is C31H29FN4O6. The molecule has 0 bridgehead atoms. The van der Waals surface area contributed by atoms with Crippen LogP contribution in [0.2, 0.25) is 0 Å². The van der Waals surface area contributed by atoms with Crippen molar-refractivity contribution >= 4 is 23.6 Å². The fourth-order valence-electron chi connectivity index (χ4n) is 6.07. The molecule has 0 radical (unpaired) electrons. The van der Waals surface area contributed by atoms with Crippen molar-refractivity contribution in [3.8, 4) is 11.5 Å². The van der Waals surface area contributed by atoms with E-state index >= 15 is 4.39 Å². The summed E-state index contributed by atoms with van der Waals surface area (Å²) in [6.45, 7) is 1.78. The molecule has 3 aliphatic heterocycles. The number of phenolic OH excluding ortho intramolecular Hbond substituents is 2. The van der Waals surface area contributed by atoms with Gasteiger partial charge in [0.2, 0.25) is 11.8 Å². The normalized spacial score (nSPS) is 19.3. The summed E-state index contributed by atoms with van der Waals surface area (Å²) < 4.78 is 15.2. The van der Waals surface area contributed by atoms with Crippen LogP contribution in [-0.2, 0) is 16.1 Å². The number of carbonyl (C=O) groups is 4. The maximum Gasteiger partial charge on any atom is 0.258 e. The third-order valence-corrected chi connectivity index (χ3v) is 8.20. The number of phenols is 2. The van der Waals surface area contributed by atoms with Gasteiger partial charge in [0.1, 0.15) is 23.4 Å². The second-order valence-corrected chi connectivity index (χ2v) is 10.8. The molecule has 1 unspecified atom stereocenters. The van der Waals surface area contributed by atoms with Crippen molar-refractivity contribution in [1.29, 1.82) is 0 Å². The van der Waals surface area contributed by atoms with Gasteiger partial charge < -0.3 is 20.0 Å². The molecule has 216 valence electrons. The van der Waals surface area contributed by atoms with Gasteiger partial charge in [0.05, 0.1) is 11.6 Å². The average Bonchev–Trinajstić information content (AvgIpc) is 3.31. The van der Waals surface area contributed by atoms with E-state index in [2.05, 4.69) is 10.2 Å². The summed E-state index contributed by atoms with van der Waals surface area (Å²) in [6, 6.07) is 15.4. The summed E-state index contributed by atoms with van der Waals surface area (Å²) in [6.07, 6.45) is 0.256. The second-order valence-electron chi connectivity index (χ2n) is 10.8. The fraction of sp³-hybridized carbons (Fsp3) is 0.290. The lowest BCUT2D eigenvalue weighted by molar-refractivity contribution is -0.136. The van der Waals surface area contributed by atoms with E-state index in [1.807, 2.05) is 24.3 Å². The summed E-state index contributed by atoms with van der Waals surface area (Å²) in [5, 5.41) is 21.8. The van der Waals surface area contributed by atoms with Crippen molar-refractivity contribution in [2.24, 2.45) is 0 Å². The minimum atomic E-state index is -0.871. The number of aromatic hydroxyl groups is 2. The van der Waals surface area contributed by atoms with Crippen LogP contribution in [0, 0.1) is 5.82 Å². The Labute approximate surface area is 241 Å². The highest BCUT2D eigenvalue weighted by atomic mass is 19.1. The Balaban J connectivity index is 1.18. The zero-order chi connectivity index (χ0) is 29.5. The topological polar surface area (TPSA) is 130 Å². The third kappa shape index (κ3) is 5.07. The lowest BCUT2D eigenvalue weighted by Crippen LogP contribution is -2.52. The smallest absolute Gasteiger partial charge is 0.258 e. The second kappa shape index (κ2) is 10.9. The molecule has 6 rings (SSSR count). The van der Waals surface area contributed by atoms with Crippen molar-refractivity contribution in [2.45, 2.75) is 31.5 Å². The Morgan fingerprint density at radius 3 is 2.05 bits per heavy atom. The number of rotatable bonds is 5. The van der Waals surface area contributed by atoms with Crippen molar-refractivity contribution in [3.05, 3.63) is 94.3 Å². The van der Waals surface area contributed by atoms with Gasteiger partial charge in [-0.1, -0.05) is 24.3 Å². The van der Waals surface area contributed by atoms with Gasteiger partial charge in [-0.2, -0.15) is 0 Å². The van der Waals surface area contributed by atoms with E-state index in [1.54, 1.807) is 29.2 Å². The molecule has 2 fully saturated rings. The van der Waals surface area contributed by atoms with Crippen LogP contribution < -0.4 is 5.32 Å². The molecule has 3 aromatic carbocycles. The number of benzene rings is 3. The van der Waals surface area contributed by atoms with E-state index in [9.17, 15) is 29.4 Å². The number of piperidine rings is 1. The Morgan fingerprint density at radius 1 is 0.881 bits per heavy atom. The van der Waals surface area contributed by atoms with Gasteiger partial charge >= 0.3 is 0 Å². The first-order chi connectivity index (χ1) is 20.2. The highest BCUT2D eigenvalue weighted by Gasteiger charge is 2.41. The lowest BCUT2D eigenvalue weighted by Gasteiger charge is -2.40. The van der Waals surface area contributed by atoms with Crippen molar-refractivity contribution in [2.75, 3.05) is 26.2 Å².